The maximum absolute atomic E-state index is 12.8. The van der Waals surface area contributed by atoms with Gasteiger partial charge in [0.15, 0.2) is 0 Å². The summed E-state index contributed by atoms with van der Waals surface area (Å²) < 4.78 is 13.6. The molecule has 0 saturated carbocycles. The van der Waals surface area contributed by atoms with Gasteiger partial charge in [-0.3, -0.25) is 14.2 Å². The van der Waals surface area contributed by atoms with Gasteiger partial charge in [-0.25, -0.2) is 4.98 Å². The van der Waals surface area contributed by atoms with Crippen molar-refractivity contribution >= 4 is 17.4 Å². The number of fused-ring (bicyclic) bond motifs is 1. The van der Waals surface area contributed by atoms with Crippen LogP contribution in [-0.2, 0) is 9.47 Å². The summed E-state index contributed by atoms with van der Waals surface area (Å²) in [5.74, 6) is 1.08. The molecule has 8 heteroatoms. The predicted octanol–water partition coefficient (Wildman–Crippen LogP) is 1.78. The number of ether oxygens (including phenoxy) is 2. The molecule has 2 aliphatic heterocycles. The Balaban J connectivity index is 1.39. The van der Waals surface area contributed by atoms with Gasteiger partial charge in [-0.05, 0) is 24.3 Å². The molecule has 0 radical (unpaired) electrons. The summed E-state index contributed by atoms with van der Waals surface area (Å²) in [4.78, 5) is 25.8. The van der Waals surface area contributed by atoms with Gasteiger partial charge in [0.25, 0.3) is 5.91 Å². The van der Waals surface area contributed by atoms with Crippen molar-refractivity contribution in [3.8, 4) is 0 Å². The SMILES string of the molecule is O=C(c1cccnc1)N1CCOC(c2cn3c(N4CCOCC4)cccc3n2)C1. The zero-order valence-corrected chi connectivity index (χ0v) is 16.1. The molecule has 5 heterocycles. The van der Waals surface area contributed by atoms with E-state index in [1.165, 1.54) is 0 Å². The van der Waals surface area contributed by atoms with E-state index in [2.05, 4.69) is 20.4 Å². The molecule has 0 N–H and O–H groups in total. The fourth-order valence-corrected chi connectivity index (χ4v) is 3.90. The summed E-state index contributed by atoms with van der Waals surface area (Å²) in [6.07, 6.45) is 5.05. The summed E-state index contributed by atoms with van der Waals surface area (Å²) in [6, 6.07) is 9.69. The first kappa shape index (κ1) is 18.1. The van der Waals surface area contributed by atoms with Crippen molar-refractivity contribution in [2.75, 3.05) is 50.9 Å². The Labute approximate surface area is 168 Å². The molecule has 0 spiro atoms. The van der Waals surface area contributed by atoms with Crippen LogP contribution in [0.4, 0.5) is 5.82 Å². The van der Waals surface area contributed by atoms with E-state index >= 15 is 0 Å². The van der Waals surface area contributed by atoms with Crippen LogP contribution in [0.3, 0.4) is 0 Å². The number of anilines is 1. The number of carbonyl (C=O) groups excluding carboxylic acids is 1. The number of nitrogens with zero attached hydrogens (tertiary/aromatic N) is 5. The first-order chi connectivity index (χ1) is 14.3. The fraction of sp³-hybridized carbons (Fsp3) is 0.381. The highest BCUT2D eigenvalue weighted by atomic mass is 16.5. The molecule has 0 bridgehead atoms. The van der Waals surface area contributed by atoms with Crippen LogP contribution in [-0.4, -0.2) is 71.2 Å². The minimum absolute atomic E-state index is 0.0239. The van der Waals surface area contributed by atoms with Crippen LogP contribution in [0, 0.1) is 0 Å². The second-order valence-electron chi connectivity index (χ2n) is 7.23. The number of hydrogen-bond donors (Lipinski definition) is 0. The fourth-order valence-electron chi connectivity index (χ4n) is 3.90. The molecule has 1 unspecified atom stereocenters. The molecule has 3 aromatic heterocycles. The summed E-state index contributed by atoms with van der Waals surface area (Å²) in [7, 11) is 0. The van der Waals surface area contributed by atoms with E-state index in [4.69, 9.17) is 14.5 Å². The van der Waals surface area contributed by atoms with E-state index in [1.807, 2.05) is 23.2 Å². The average Bonchev–Trinajstić information content (AvgIpc) is 3.24. The van der Waals surface area contributed by atoms with Gasteiger partial charge in [-0.2, -0.15) is 0 Å². The van der Waals surface area contributed by atoms with Gasteiger partial charge in [0, 0.05) is 38.2 Å². The van der Waals surface area contributed by atoms with E-state index in [-0.39, 0.29) is 12.0 Å². The first-order valence-corrected chi connectivity index (χ1v) is 9.91. The Morgan fingerprint density at radius 2 is 1.97 bits per heavy atom. The first-order valence-electron chi connectivity index (χ1n) is 9.91. The minimum atomic E-state index is -0.248. The number of carbonyl (C=O) groups is 1. The molecule has 3 aromatic rings. The molecule has 2 saturated heterocycles. The molecule has 0 aromatic carbocycles. The molecule has 150 valence electrons. The molecule has 5 rings (SSSR count). The van der Waals surface area contributed by atoms with Gasteiger partial charge >= 0.3 is 0 Å². The molecule has 1 amide bonds. The summed E-state index contributed by atoms with van der Waals surface area (Å²) >= 11 is 0. The number of hydrogen-bond acceptors (Lipinski definition) is 6. The van der Waals surface area contributed by atoms with E-state index in [1.54, 1.807) is 24.5 Å². The van der Waals surface area contributed by atoms with Crippen LogP contribution in [0.1, 0.15) is 22.2 Å². The normalized spacial score (nSPS) is 20.2. The third kappa shape index (κ3) is 3.56. The maximum Gasteiger partial charge on any atom is 0.255 e. The molecule has 29 heavy (non-hydrogen) atoms. The molecule has 1 atom stereocenters. The summed E-state index contributed by atoms with van der Waals surface area (Å²) in [5.41, 5.74) is 2.32. The van der Waals surface area contributed by atoms with E-state index in [0.29, 0.717) is 25.3 Å². The number of rotatable bonds is 3. The number of amides is 1. The second kappa shape index (κ2) is 7.81. The van der Waals surface area contributed by atoms with Crippen LogP contribution in [0.2, 0.25) is 0 Å². The lowest BCUT2D eigenvalue weighted by Gasteiger charge is -2.32. The number of imidazole rings is 1. The van der Waals surface area contributed by atoms with E-state index in [0.717, 1.165) is 43.5 Å². The van der Waals surface area contributed by atoms with Gasteiger partial charge in [0.2, 0.25) is 0 Å². The average molecular weight is 393 g/mol. The van der Waals surface area contributed by atoms with Crippen molar-refractivity contribution in [1.29, 1.82) is 0 Å². The number of morpholine rings is 2. The molecule has 0 aliphatic carbocycles. The largest absolute Gasteiger partial charge is 0.378 e. The third-order valence-corrected chi connectivity index (χ3v) is 5.42. The standard InChI is InChI=1S/C21H23N5O3/c27-21(16-3-2-6-22-13-16)25-9-12-29-18(15-25)17-14-26-19(23-17)4-1-5-20(26)24-7-10-28-11-8-24/h1-6,13-14,18H,7-12,15H2. The Morgan fingerprint density at radius 3 is 2.79 bits per heavy atom. The Morgan fingerprint density at radius 1 is 1.07 bits per heavy atom. The zero-order chi connectivity index (χ0) is 19.6. The maximum atomic E-state index is 12.8. The van der Waals surface area contributed by atoms with Crippen LogP contribution < -0.4 is 4.90 Å². The van der Waals surface area contributed by atoms with Crippen molar-refractivity contribution in [1.82, 2.24) is 19.3 Å². The third-order valence-electron chi connectivity index (χ3n) is 5.42. The highest BCUT2D eigenvalue weighted by Crippen LogP contribution is 2.26. The van der Waals surface area contributed by atoms with Crippen LogP contribution >= 0.6 is 0 Å². The highest BCUT2D eigenvalue weighted by Gasteiger charge is 2.28. The quantitative estimate of drug-likeness (QED) is 0.676. The van der Waals surface area contributed by atoms with Gasteiger partial charge in [0.1, 0.15) is 17.6 Å². The highest BCUT2D eigenvalue weighted by molar-refractivity contribution is 5.93. The molecular formula is C21H23N5O3. The number of aromatic nitrogens is 3. The zero-order valence-electron chi connectivity index (χ0n) is 16.1. The van der Waals surface area contributed by atoms with Crippen molar-refractivity contribution in [3.63, 3.8) is 0 Å². The van der Waals surface area contributed by atoms with Crippen LogP contribution in [0.15, 0.2) is 48.9 Å². The molecule has 2 aliphatic rings. The van der Waals surface area contributed by atoms with Crippen molar-refractivity contribution in [2.45, 2.75) is 6.10 Å². The molecule has 8 nitrogen and oxygen atoms in total. The lowest BCUT2D eigenvalue weighted by molar-refractivity contribution is -0.0245. The lowest BCUT2D eigenvalue weighted by atomic mass is 10.2. The summed E-state index contributed by atoms with van der Waals surface area (Å²) in [5, 5.41) is 0. The smallest absolute Gasteiger partial charge is 0.255 e. The number of pyridine rings is 2. The molecular weight excluding hydrogens is 370 g/mol. The van der Waals surface area contributed by atoms with Crippen LogP contribution in [0.25, 0.3) is 5.65 Å². The van der Waals surface area contributed by atoms with Crippen molar-refractivity contribution < 1.29 is 14.3 Å². The summed E-state index contributed by atoms with van der Waals surface area (Å²) in [6.45, 7) is 4.71. The second-order valence-corrected chi connectivity index (χ2v) is 7.23. The monoisotopic (exact) mass is 393 g/mol. The van der Waals surface area contributed by atoms with Crippen molar-refractivity contribution in [3.05, 3.63) is 60.2 Å². The Bertz CT molecular complexity index is 1000. The van der Waals surface area contributed by atoms with Gasteiger partial charge < -0.3 is 19.3 Å². The predicted molar refractivity (Wildman–Crippen MR) is 107 cm³/mol. The lowest BCUT2D eigenvalue weighted by Crippen LogP contribution is -2.42. The Hall–Kier alpha value is -2.97. The van der Waals surface area contributed by atoms with E-state index < -0.39 is 0 Å². The topological polar surface area (TPSA) is 72.2 Å². The van der Waals surface area contributed by atoms with Gasteiger partial charge in [-0.1, -0.05) is 6.07 Å². The van der Waals surface area contributed by atoms with E-state index in [9.17, 15) is 4.79 Å². The minimum Gasteiger partial charge on any atom is -0.378 e. The Kier molecular flexibility index (Phi) is 4.87. The van der Waals surface area contributed by atoms with Gasteiger partial charge in [-0.15, -0.1) is 0 Å². The van der Waals surface area contributed by atoms with Crippen molar-refractivity contribution in [2.24, 2.45) is 0 Å². The van der Waals surface area contributed by atoms with Gasteiger partial charge in [0.05, 0.1) is 37.6 Å². The molecule has 2 fully saturated rings. The van der Waals surface area contributed by atoms with Crippen LogP contribution in [0.5, 0.6) is 0 Å².